The van der Waals surface area contributed by atoms with E-state index in [9.17, 15) is 9.59 Å². The third kappa shape index (κ3) is 4.39. The Kier molecular flexibility index (Phi) is 5.01. The van der Waals surface area contributed by atoms with E-state index in [0.29, 0.717) is 5.75 Å². The maximum absolute atomic E-state index is 12.7. The van der Waals surface area contributed by atoms with Gasteiger partial charge in [-0.1, -0.05) is 51.1 Å². The number of carbonyl (C=O) groups excluding carboxylic acids is 2. The van der Waals surface area contributed by atoms with Gasteiger partial charge in [0.1, 0.15) is 5.75 Å². The van der Waals surface area contributed by atoms with E-state index in [1.54, 1.807) is 0 Å². The molecule has 0 radical (unpaired) electrons. The molecule has 5 nitrogen and oxygen atoms in total. The molecule has 154 valence electrons. The van der Waals surface area contributed by atoms with Gasteiger partial charge in [0.25, 0.3) is 5.91 Å². The van der Waals surface area contributed by atoms with Crippen LogP contribution in [0.3, 0.4) is 0 Å². The van der Waals surface area contributed by atoms with Gasteiger partial charge < -0.3 is 14.4 Å². The lowest BCUT2D eigenvalue weighted by Gasteiger charge is -2.39. The zero-order valence-corrected chi connectivity index (χ0v) is 17.4. The Hall–Kier alpha value is -2.56. The van der Waals surface area contributed by atoms with Crippen molar-refractivity contribution in [3.05, 3.63) is 42.5 Å². The minimum absolute atomic E-state index is 0.101. The molecule has 29 heavy (non-hydrogen) atoms. The van der Waals surface area contributed by atoms with Gasteiger partial charge in [0.05, 0.1) is 0 Å². The average Bonchev–Trinajstić information content (AvgIpc) is 2.93. The van der Waals surface area contributed by atoms with Crippen LogP contribution in [0.1, 0.15) is 40.0 Å². The van der Waals surface area contributed by atoms with Gasteiger partial charge in [0, 0.05) is 12.6 Å². The first-order valence-corrected chi connectivity index (χ1v) is 10.3. The molecule has 0 aromatic heterocycles. The summed E-state index contributed by atoms with van der Waals surface area (Å²) in [4.78, 5) is 26.7. The highest BCUT2D eigenvalue weighted by molar-refractivity contribution is 5.84. The first-order chi connectivity index (χ1) is 13.7. The van der Waals surface area contributed by atoms with Crippen LogP contribution >= 0.6 is 0 Å². The van der Waals surface area contributed by atoms with Crippen molar-refractivity contribution >= 4 is 22.6 Å². The molecule has 1 aliphatic heterocycles. The standard InChI is InChI=1S/C24H29NO4/c1-23(2)11-19-12-24(3,15-23)16-25(19)21(26)13-29-22(27)14-28-20-9-8-17-6-4-5-7-18(17)10-20/h4-10,19H,11-16H2,1-3H3/t19-,24-/m1/s1. The number of hydrogen-bond donors (Lipinski definition) is 0. The Labute approximate surface area is 172 Å². The molecule has 1 saturated carbocycles. The smallest absolute Gasteiger partial charge is 0.344 e. The van der Waals surface area contributed by atoms with Crippen LogP contribution in [0.15, 0.2) is 42.5 Å². The molecule has 5 heteroatoms. The van der Waals surface area contributed by atoms with E-state index in [-0.39, 0.29) is 36.0 Å². The highest BCUT2D eigenvalue weighted by Crippen LogP contribution is 2.52. The summed E-state index contributed by atoms with van der Waals surface area (Å²) in [6.07, 6.45) is 3.17. The fourth-order valence-corrected chi connectivity index (χ4v) is 5.42. The summed E-state index contributed by atoms with van der Waals surface area (Å²) in [6.45, 7) is 7.14. The highest BCUT2D eigenvalue weighted by Gasteiger charge is 2.50. The Morgan fingerprint density at radius 1 is 1.03 bits per heavy atom. The molecule has 4 rings (SSSR count). The van der Waals surface area contributed by atoms with Crippen molar-refractivity contribution in [1.82, 2.24) is 4.90 Å². The maximum Gasteiger partial charge on any atom is 0.344 e. The van der Waals surface area contributed by atoms with Crippen molar-refractivity contribution in [2.45, 2.75) is 46.1 Å². The summed E-state index contributed by atoms with van der Waals surface area (Å²) in [5, 5.41) is 2.16. The Balaban J connectivity index is 1.28. The molecule has 0 spiro atoms. The minimum atomic E-state index is -0.528. The Morgan fingerprint density at radius 2 is 1.79 bits per heavy atom. The SMILES string of the molecule is CC1(C)C[C@@H]2C[C@@](C)(CN2C(=O)COC(=O)COc2ccc3ccccc3c2)C1. The lowest BCUT2D eigenvalue weighted by molar-refractivity contribution is -0.154. The molecular formula is C24H29NO4. The molecule has 2 aromatic carbocycles. The first kappa shape index (κ1) is 19.7. The molecule has 1 saturated heterocycles. The van der Waals surface area contributed by atoms with Gasteiger partial charge in [-0.2, -0.15) is 0 Å². The molecule has 2 atom stereocenters. The topological polar surface area (TPSA) is 55.8 Å². The van der Waals surface area contributed by atoms with Crippen LogP contribution in [0.5, 0.6) is 5.75 Å². The Morgan fingerprint density at radius 3 is 2.59 bits per heavy atom. The van der Waals surface area contributed by atoms with Gasteiger partial charge in [0.15, 0.2) is 13.2 Å². The normalized spacial score (nSPS) is 25.1. The number of hydrogen-bond acceptors (Lipinski definition) is 4. The van der Waals surface area contributed by atoms with Crippen LogP contribution in [0, 0.1) is 10.8 Å². The molecule has 2 fully saturated rings. The fraction of sp³-hybridized carbons (Fsp3) is 0.500. The molecular weight excluding hydrogens is 366 g/mol. The fourth-order valence-electron chi connectivity index (χ4n) is 5.42. The van der Waals surface area contributed by atoms with Gasteiger partial charge >= 0.3 is 5.97 Å². The lowest BCUT2D eigenvalue weighted by Crippen LogP contribution is -2.40. The van der Waals surface area contributed by atoms with E-state index in [1.807, 2.05) is 47.4 Å². The summed E-state index contributed by atoms with van der Waals surface area (Å²) in [5.41, 5.74) is 0.419. The van der Waals surface area contributed by atoms with E-state index in [2.05, 4.69) is 20.8 Å². The molecule has 1 amide bonds. The van der Waals surface area contributed by atoms with Gasteiger partial charge in [0.2, 0.25) is 0 Å². The number of amides is 1. The minimum Gasteiger partial charge on any atom is -0.482 e. The molecule has 2 aliphatic rings. The predicted molar refractivity (Wildman–Crippen MR) is 112 cm³/mol. The van der Waals surface area contributed by atoms with Crippen LogP contribution in [-0.2, 0) is 14.3 Å². The summed E-state index contributed by atoms with van der Waals surface area (Å²) < 4.78 is 10.8. The van der Waals surface area contributed by atoms with E-state index >= 15 is 0 Å². The van der Waals surface area contributed by atoms with Crippen LogP contribution in [0.2, 0.25) is 0 Å². The summed E-state index contributed by atoms with van der Waals surface area (Å²) in [6, 6.07) is 13.9. The molecule has 0 N–H and O–H groups in total. The van der Waals surface area contributed by atoms with Crippen molar-refractivity contribution in [3.63, 3.8) is 0 Å². The maximum atomic E-state index is 12.7. The van der Waals surface area contributed by atoms with Crippen molar-refractivity contribution in [3.8, 4) is 5.75 Å². The predicted octanol–water partition coefficient (Wildman–Crippen LogP) is 4.19. The summed E-state index contributed by atoms with van der Waals surface area (Å²) >= 11 is 0. The van der Waals surface area contributed by atoms with E-state index < -0.39 is 5.97 Å². The number of ether oxygens (including phenoxy) is 2. The molecule has 1 heterocycles. The van der Waals surface area contributed by atoms with Crippen molar-refractivity contribution in [2.75, 3.05) is 19.8 Å². The van der Waals surface area contributed by atoms with Gasteiger partial charge in [-0.3, -0.25) is 4.79 Å². The zero-order valence-electron chi connectivity index (χ0n) is 17.4. The number of fused-ring (bicyclic) bond motifs is 3. The zero-order chi connectivity index (χ0) is 20.6. The van der Waals surface area contributed by atoms with Crippen molar-refractivity contribution in [1.29, 1.82) is 0 Å². The van der Waals surface area contributed by atoms with Gasteiger partial charge in [-0.25, -0.2) is 4.79 Å². The van der Waals surface area contributed by atoms with Crippen LogP contribution in [-0.4, -0.2) is 42.6 Å². The second-order valence-corrected chi connectivity index (χ2v) is 9.69. The Bertz CT molecular complexity index is 937. The van der Waals surface area contributed by atoms with E-state index in [4.69, 9.17) is 9.47 Å². The molecule has 2 aromatic rings. The number of nitrogens with zero attached hydrogens (tertiary/aromatic N) is 1. The third-order valence-electron chi connectivity index (χ3n) is 6.17. The average molecular weight is 395 g/mol. The van der Waals surface area contributed by atoms with Crippen LogP contribution < -0.4 is 4.74 Å². The molecule has 0 unspecified atom stereocenters. The number of carbonyl (C=O) groups is 2. The summed E-state index contributed by atoms with van der Waals surface area (Å²) in [5.74, 6) is -0.0221. The summed E-state index contributed by atoms with van der Waals surface area (Å²) in [7, 11) is 0. The second-order valence-electron chi connectivity index (χ2n) is 9.69. The molecule has 1 aliphatic carbocycles. The van der Waals surface area contributed by atoms with Crippen molar-refractivity contribution < 1.29 is 19.1 Å². The largest absolute Gasteiger partial charge is 0.482 e. The van der Waals surface area contributed by atoms with Gasteiger partial charge in [-0.15, -0.1) is 0 Å². The van der Waals surface area contributed by atoms with Gasteiger partial charge in [-0.05, 0) is 53.0 Å². The monoisotopic (exact) mass is 395 g/mol. The van der Waals surface area contributed by atoms with Crippen LogP contribution in [0.25, 0.3) is 10.8 Å². The number of esters is 1. The first-order valence-electron chi connectivity index (χ1n) is 10.3. The lowest BCUT2D eigenvalue weighted by atomic mass is 9.65. The van der Waals surface area contributed by atoms with E-state index in [0.717, 1.165) is 36.6 Å². The van der Waals surface area contributed by atoms with Crippen molar-refractivity contribution in [2.24, 2.45) is 10.8 Å². The second kappa shape index (κ2) is 7.36. The van der Waals surface area contributed by atoms with Crippen LogP contribution in [0.4, 0.5) is 0 Å². The third-order valence-corrected chi connectivity index (χ3v) is 6.17. The number of benzene rings is 2. The number of rotatable bonds is 5. The quantitative estimate of drug-likeness (QED) is 0.713. The highest BCUT2D eigenvalue weighted by atomic mass is 16.6. The molecule has 2 bridgehead atoms. The number of likely N-dealkylation sites (tertiary alicyclic amines) is 1. The van der Waals surface area contributed by atoms with E-state index in [1.165, 1.54) is 0 Å².